The van der Waals surface area contributed by atoms with Gasteiger partial charge in [0.2, 0.25) is 0 Å². The van der Waals surface area contributed by atoms with Crippen LogP contribution in [0.1, 0.15) is 6.92 Å². The van der Waals surface area contributed by atoms with Gasteiger partial charge in [-0.05, 0) is 21.0 Å². The zero-order valence-electron chi connectivity index (χ0n) is 5.63. The lowest BCUT2D eigenvalue weighted by Crippen LogP contribution is -2.41. The van der Waals surface area contributed by atoms with Crippen molar-refractivity contribution in [1.82, 2.24) is 4.90 Å². The Morgan fingerprint density at radius 1 is 1.50 bits per heavy atom. The van der Waals surface area contributed by atoms with Gasteiger partial charge < -0.3 is 15.7 Å². The molecule has 0 spiro atoms. The number of nitrogens with two attached hydrogens (primary N) is 1. The first-order valence-corrected chi connectivity index (χ1v) is 2.65. The Kier molecular flexibility index (Phi) is 2.97. The molecule has 2 unspecified atom stereocenters. The van der Waals surface area contributed by atoms with E-state index in [-0.39, 0.29) is 6.04 Å². The van der Waals surface area contributed by atoms with E-state index in [1.54, 1.807) is 0 Å². The third-order valence-electron chi connectivity index (χ3n) is 1.31. The van der Waals surface area contributed by atoms with Crippen molar-refractivity contribution in [3.8, 4) is 0 Å². The topological polar surface area (TPSA) is 49.5 Å². The highest BCUT2D eigenvalue weighted by Gasteiger charge is 2.09. The molecule has 0 saturated carbocycles. The molecular formula is C5H14N2O. The van der Waals surface area contributed by atoms with Gasteiger partial charge in [-0.1, -0.05) is 0 Å². The van der Waals surface area contributed by atoms with E-state index in [1.807, 2.05) is 25.9 Å². The minimum absolute atomic E-state index is 0.0370. The molecule has 0 amide bonds. The summed E-state index contributed by atoms with van der Waals surface area (Å²) in [5, 5.41) is 8.73. The normalized spacial score (nSPS) is 18.8. The SMILES string of the molecule is CC(C(N)O)N(C)C. The van der Waals surface area contributed by atoms with E-state index in [9.17, 15) is 0 Å². The van der Waals surface area contributed by atoms with Crippen molar-refractivity contribution in [3.63, 3.8) is 0 Å². The Morgan fingerprint density at radius 3 is 1.88 bits per heavy atom. The first-order chi connectivity index (χ1) is 3.55. The van der Waals surface area contributed by atoms with Crippen LogP contribution >= 0.6 is 0 Å². The van der Waals surface area contributed by atoms with E-state index in [1.165, 1.54) is 0 Å². The molecule has 0 bridgehead atoms. The molecule has 0 aromatic carbocycles. The zero-order valence-corrected chi connectivity index (χ0v) is 5.63. The first-order valence-electron chi connectivity index (χ1n) is 2.65. The summed E-state index contributed by atoms with van der Waals surface area (Å²) < 4.78 is 0. The highest BCUT2D eigenvalue weighted by atomic mass is 16.3. The summed E-state index contributed by atoms with van der Waals surface area (Å²) in [5.41, 5.74) is 5.15. The van der Waals surface area contributed by atoms with Gasteiger partial charge in [-0.2, -0.15) is 0 Å². The maximum atomic E-state index is 8.73. The molecule has 3 N–H and O–H groups in total. The number of hydrogen-bond acceptors (Lipinski definition) is 3. The number of aliphatic hydroxyl groups is 1. The summed E-state index contributed by atoms with van der Waals surface area (Å²) in [6, 6.07) is 0.0370. The predicted molar refractivity (Wildman–Crippen MR) is 33.3 cm³/mol. The van der Waals surface area contributed by atoms with Crippen molar-refractivity contribution in [1.29, 1.82) is 0 Å². The molecular weight excluding hydrogens is 104 g/mol. The van der Waals surface area contributed by atoms with Crippen LogP contribution in [0.3, 0.4) is 0 Å². The second-order valence-corrected chi connectivity index (χ2v) is 2.19. The summed E-state index contributed by atoms with van der Waals surface area (Å²) in [7, 11) is 3.75. The van der Waals surface area contributed by atoms with Crippen molar-refractivity contribution in [2.24, 2.45) is 5.73 Å². The molecule has 0 heterocycles. The van der Waals surface area contributed by atoms with E-state index >= 15 is 0 Å². The van der Waals surface area contributed by atoms with Gasteiger partial charge in [0.15, 0.2) is 0 Å². The molecule has 2 atom stereocenters. The maximum absolute atomic E-state index is 8.73. The summed E-state index contributed by atoms with van der Waals surface area (Å²) in [6.07, 6.45) is -0.731. The van der Waals surface area contributed by atoms with Crippen molar-refractivity contribution in [2.75, 3.05) is 14.1 Å². The van der Waals surface area contributed by atoms with Gasteiger partial charge in [0.1, 0.15) is 6.23 Å². The Hall–Kier alpha value is -0.120. The van der Waals surface area contributed by atoms with Crippen LogP contribution in [0.4, 0.5) is 0 Å². The molecule has 0 rings (SSSR count). The quantitative estimate of drug-likeness (QED) is 0.467. The van der Waals surface area contributed by atoms with Crippen LogP contribution < -0.4 is 5.73 Å². The third kappa shape index (κ3) is 2.26. The molecule has 0 aromatic rings. The van der Waals surface area contributed by atoms with Gasteiger partial charge in [-0.25, -0.2) is 0 Å². The number of aliphatic hydroxyl groups excluding tert-OH is 1. The van der Waals surface area contributed by atoms with E-state index < -0.39 is 6.23 Å². The molecule has 0 aliphatic heterocycles. The van der Waals surface area contributed by atoms with Crippen LogP contribution in [0, 0.1) is 0 Å². The smallest absolute Gasteiger partial charge is 0.117 e. The molecule has 50 valence electrons. The summed E-state index contributed by atoms with van der Waals surface area (Å²) in [4.78, 5) is 1.87. The summed E-state index contributed by atoms with van der Waals surface area (Å²) in [5.74, 6) is 0. The zero-order chi connectivity index (χ0) is 6.73. The van der Waals surface area contributed by atoms with Crippen LogP contribution in [0.2, 0.25) is 0 Å². The van der Waals surface area contributed by atoms with Gasteiger partial charge in [0, 0.05) is 6.04 Å². The molecule has 3 nitrogen and oxygen atoms in total. The molecule has 8 heavy (non-hydrogen) atoms. The summed E-state index contributed by atoms with van der Waals surface area (Å²) >= 11 is 0. The van der Waals surface area contributed by atoms with Crippen molar-refractivity contribution >= 4 is 0 Å². The molecule has 0 aliphatic carbocycles. The molecule has 0 saturated heterocycles. The fourth-order valence-electron chi connectivity index (χ4n) is 0.305. The summed E-state index contributed by atoms with van der Waals surface area (Å²) in [6.45, 7) is 1.87. The van der Waals surface area contributed by atoms with Crippen LogP contribution in [-0.2, 0) is 0 Å². The molecule has 0 aliphatic rings. The highest BCUT2D eigenvalue weighted by molar-refractivity contribution is 4.62. The van der Waals surface area contributed by atoms with Gasteiger partial charge in [-0.15, -0.1) is 0 Å². The average Bonchev–Trinajstić information content (AvgIpc) is 1.64. The number of likely N-dealkylation sites (N-methyl/N-ethyl adjacent to an activating group) is 1. The Labute approximate surface area is 50.1 Å². The van der Waals surface area contributed by atoms with Gasteiger partial charge in [-0.3, -0.25) is 0 Å². The van der Waals surface area contributed by atoms with E-state index in [0.717, 1.165) is 0 Å². The largest absolute Gasteiger partial charge is 0.377 e. The third-order valence-corrected chi connectivity index (χ3v) is 1.31. The van der Waals surface area contributed by atoms with Crippen LogP contribution in [0.5, 0.6) is 0 Å². The fraction of sp³-hybridized carbons (Fsp3) is 1.00. The predicted octanol–water partition coefficient (Wildman–Crippen LogP) is -0.786. The molecule has 0 fully saturated rings. The highest BCUT2D eigenvalue weighted by Crippen LogP contribution is 1.91. The fourth-order valence-corrected chi connectivity index (χ4v) is 0.305. The standard InChI is InChI=1S/C5H14N2O/c1-4(5(6)8)7(2)3/h4-5,8H,6H2,1-3H3. The van der Waals surface area contributed by atoms with Crippen LogP contribution in [0.25, 0.3) is 0 Å². The lowest BCUT2D eigenvalue weighted by atomic mass is 10.3. The Bertz CT molecular complexity index is 55.4. The second-order valence-electron chi connectivity index (χ2n) is 2.19. The first kappa shape index (κ1) is 7.88. The Morgan fingerprint density at radius 2 is 1.88 bits per heavy atom. The minimum Gasteiger partial charge on any atom is -0.377 e. The Balaban J connectivity index is 3.46. The van der Waals surface area contributed by atoms with E-state index in [2.05, 4.69) is 0 Å². The average molecular weight is 118 g/mol. The second kappa shape index (κ2) is 3.02. The van der Waals surface area contributed by atoms with Gasteiger partial charge in [0.25, 0.3) is 0 Å². The lowest BCUT2D eigenvalue weighted by molar-refractivity contribution is 0.0912. The van der Waals surface area contributed by atoms with Gasteiger partial charge in [0.05, 0.1) is 0 Å². The van der Waals surface area contributed by atoms with Crippen LogP contribution in [-0.4, -0.2) is 36.4 Å². The monoisotopic (exact) mass is 118 g/mol. The number of hydrogen-bond donors (Lipinski definition) is 2. The molecule has 3 heteroatoms. The minimum atomic E-state index is -0.731. The maximum Gasteiger partial charge on any atom is 0.117 e. The molecule has 0 aromatic heterocycles. The number of nitrogens with zero attached hydrogens (tertiary/aromatic N) is 1. The molecule has 0 radical (unpaired) electrons. The van der Waals surface area contributed by atoms with Crippen molar-refractivity contribution in [2.45, 2.75) is 19.2 Å². The lowest BCUT2D eigenvalue weighted by Gasteiger charge is -2.21. The number of rotatable bonds is 2. The van der Waals surface area contributed by atoms with E-state index in [4.69, 9.17) is 10.8 Å². The van der Waals surface area contributed by atoms with Crippen molar-refractivity contribution < 1.29 is 5.11 Å². The van der Waals surface area contributed by atoms with E-state index in [0.29, 0.717) is 0 Å². The van der Waals surface area contributed by atoms with Gasteiger partial charge >= 0.3 is 0 Å². The van der Waals surface area contributed by atoms with Crippen molar-refractivity contribution in [3.05, 3.63) is 0 Å². The van der Waals surface area contributed by atoms with Crippen LogP contribution in [0.15, 0.2) is 0 Å².